The fourth-order valence-electron chi connectivity index (χ4n) is 4.60. The van der Waals surface area contributed by atoms with Crippen molar-refractivity contribution in [3.63, 3.8) is 0 Å². The number of methoxy groups -OCH3 is 1. The summed E-state index contributed by atoms with van der Waals surface area (Å²) in [6.45, 7) is 4.10. The average molecular weight is 532 g/mol. The van der Waals surface area contributed by atoms with Crippen LogP contribution in [-0.4, -0.2) is 50.6 Å². The topological polar surface area (TPSA) is 97.3 Å². The number of aromatic nitrogens is 3. The molecule has 198 valence electrons. The molecule has 0 saturated carbocycles. The number of amides is 2. The van der Waals surface area contributed by atoms with E-state index in [-0.39, 0.29) is 30.0 Å². The number of aryl methyl sites for hydroxylation is 2. The predicted molar refractivity (Wildman–Crippen MR) is 149 cm³/mol. The Balaban J connectivity index is 1.62. The second-order valence-electron chi connectivity index (χ2n) is 9.31. The number of carbonyl (C=O) groups excluding carboxylic acids is 2. The molecule has 9 heteroatoms. The van der Waals surface area contributed by atoms with Crippen LogP contribution in [0.15, 0.2) is 72.2 Å². The van der Waals surface area contributed by atoms with Gasteiger partial charge in [0.15, 0.2) is 5.16 Å². The number of benzene rings is 1. The van der Waals surface area contributed by atoms with Crippen LogP contribution in [0.1, 0.15) is 36.2 Å². The normalized spacial score (nSPS) is 15.5. The highest BCUT2D eigenvalue weighted by Crippen LogP contribution is 2.29. The lowest BCUT2D eigenvalue weighted by atomic mass is 9.86. The Morgan fingerprint density at radius 3 is 2.53 bits per heavy atom. The van der Waals surface area contributed by atoms with Gasteiger partial charge in [0.1, 0.15) is 11.8 Å². The van der Waals surface area contributed by atoms with Crippen LogP contribution in [0.25, 0.3) is 0 Å². The van der Waals surface area contributed by atoms with Gasteiger partial charge < -0.3 is 15.0 Å². The molecule has 0 saturated heterocycles. The fraction of sp³-hybridized carbons (Fsp3) is 0.345. The van der Waals surface area contributed by atoms with Crippen molar-refractivity contribution >= 4 is 29.3 Å². The van der Waals surface area contributed by atoms with E-state index in [0.717, 1.165) is 36.2 Å². The number of thioether (sulfide) groups is 1. The molecule has 3 aromatic rings. The van der Waals surface area contributed by atoms with Gasteiger partial charge in [-0.15, -0.1) is 0 Å². The van der Waals surface area contributed by atoms with Crippen molar-refractivity contribution in [2.45, 2.75) is 50.9 Å². The van der Waals surface area contributed by atoms with Crippen molar-refractivity contribution in [3.05, 3.63) is 84.0 Å². The lowest BCUT2D eigenvalue weighted by molar-refractivity contribution is -0.139. The Bertz CT molecular complexity index is 1250. The van der Waals surface area contributed by atoms with E-state index in [1.807, 2.05) is 32.0 Å². The minimum absolute atomic E-state index is 0.0127. The Labute approximate surface area is 227 Å². The van der Waals surface area contributed by atoms with E-state index in [9.17, 15) is 9.59 Å². The Hall–Kier alpha value is -3.72. The molecule has 1 aromatic carbocycles. The van der Waals surface area contributed by atoms with Gasteiger partial charge in [-0.25, -0.2) is 9.97 Å². The summed E-state index contributed by atoms with van der Waals surface area (Å²) in [5.74, 6) is 0.460. The number of allylic oxidation sites excluding steroid dienone is 2. The monoisotopic (exact) mass is 531 g/mol. The minimum Gasteiger partial charge on any atom is -0.497 e. The number of pyridine rings is 1. The van der Waals surface area contributed by atoms with Gasteiger partial charge in [0.2, 0.25) is 11.8 Å². The van der Waals surface area contributed by atoms with Gasteiger partial charge in [-0.1, -0.05) is 30.0 Å². The standard InChI is InChI=1S/C29H33N5O3S/c1-20-16-21(2)32-29(31-20)38-19-26(35)34(18-22-8-7-15-30-17-22)27(23-9-5-4-6-10-23)28(36)33-24-11-13-25(37-3)14-12-24/h4-5,7-8,11-17,23,27H,6,9-10,18-19H2,1-3H3,(H,33,36)/t23-,27-/m0/s1. The molecule has 38 heavy (non-hydrogen) atoms. The zero-order valence-corrected chi connectivity index (χ0v) is 22.8. The van der Waals surface area contributed by atoms with Gasteiger partial charge in [-0.3, -0.25) is 14.6 Å². The summed E-state index contributed by atoms with van der Waals surface area (Å²) in [6.07, 6.45) is 10.1. The van der Waals surface area contributed by atoms with Crippen molar-refractivity contribution in [2.75, 3.05) is 18.2 Å². The Kier molecular flexibility index (Phi) is 9.48. The fourth-order valence-corrected chi connectivity index (χ4v) is 5.44. The molecule has 0 aliphatic heterocycles. The van der Waals surface area contributed by atoms with Crippen LogP contribution in [0.5, 0.6) is 5.75 Å². The molecule has 2 heterocycles. The van der Waals surface area contributed by atoms with Crippen molar-refractivity contribution in [1.82, 2.24) is 19.9 Å². The van der Waals surface area contributed by atoms with Gasteiger partial charge >= 0.3 is 0 Å². The van der Waals surface area contributed by atoms with Crippen molar-refractivity contribution in [2.24, 2.45) is 5.92 Å². The number of nitrogens with zero attached hydrogens (tertiary/aromatic N) is 4. The summed E-state index contributed by atoms with van der Waals surface area (Å²) in [7, 11) is 1.60. The zero-order chi connectivity index (χ0) is 26.9. The molecular weight excluding hydrogens is 498 g/mol. The largest absolute Gasteiger partial charge is 0.497 e. The molecule has 1 N–H and O–H groups in total. The molecule has 0 bridgehead atoms. The van der Waals surface area contributed by atoms with Crippen LogP contribution in [0, 0.1) is 19.8 Å². The highest BCUT2D eigenvalue weighted by molar-refractivity contribution is 7.99. The Morgan fingerprint density at radius 1 is 1.13 bits per heavy atom. The summed E-state index contributed by atoms with van der Waals surface area (Å²) in [6, 6.07) is 12.2. The maximum absolute atomic E-state index is 13.9. The second kappa shape index (κ2) is 13.2. The molecule has 0 unspecified atom stereocenters. The van der Waals surface area contributed by atoms with E-state index in [1.165, 1.54) is 11.8 Å². The zero-order valence-electron chi connectivity index (χ0n) is 22.0. The summed E-state index contributed by atoms with van der Waals surface area (Å²) >= 11 is 1.29. The van der Waals surface area contributed by atoms with Gasteiger partial charge in [0, 0.05) is 36.0 Å². The van der Waals surface area contributed by atoms with Gasteiger partial charge in [0.05, 0.1) is 12.9 Å². The summed E-state index contributed by atoms with van der Waals surface area (Å²) in [5, 5.41) is 3.59. The molecule has 0 radical (unpaired) electrons. The summed E-state index contributed by atoms with van der Waals surface area (Å²) in [4.78, 5) is 42.5. The van der Waals surface area contributed by atoms with E-state index in [4.69, 9.17) is 4.74 Å². The molecule has 2 aromatic heterocycles. The number of rotatable bonds is 10. The molecule has 4 rings (SSSR count). The first-order valence-corrected chi connectivity index (χ1v) is 13.6. The van der Waals surface area contributed by atoms with Gasteiger partial charge in [-0.2, -0.15) is 0 Å². The SMILES string of the molecule is COc1ccc(NC(=O)[C@H]([C@H]2CC=CCC2)N(Cc2cccnc2)C(=O)CSc2nc(C)cc(C)n2)cc1. The number of anilines is 1. The first kappa shape index (κ1) is 27.3. The molecule has 8 nitrogen and oxygen atoms in total. The number of hydrogen-bond acceptors (Lipinski definition) is 7. The predicted octanol–water partition coefficient (Wildman–Crippen LogP) is 4.98. The van der Waals surface area contributed by atoms with Crippen LogP contribution in [0.2, 0.25) is 0 Å². The lowest BCUT2D eigenvalue weighted by Crippen LogP contribution is -2.51. The van der Waals surface area contributed by atoms with Crippen molar-refractivity contribution < 1.29 is 14.3 Å². The maximum atomic E-state index is 13.9. The number of ether oxygens (including phenoxy) is 1. The quantitative estimate of drug-likeness (QED) is 0.224. The minimum atomic E-state index is -0.657. The van der Waals surface area contributed by atoms with Crippen LogP contribution >= 0.6 is 11.8 Å². The third kappa shape index (κ3) is 7.41. The highest BCUT2D eigenvalue weighted by atomic mass is 32.2. The van der Waals surface area contributed by atoms with Gasteiger partial charge in [0.25, 0.3) is 0 Å². The second-order valence-corrected chi connectivity index (χ2v) is 10.3. The van der Waals surface area contributed by atoms with E-state index in [0.29, 0.717) is 16.6 Å². The molecule has 2 amide bonds. The van der Waals surface area contributed by atoms with Crippen LogP contribution in [0.3, 0.4) is 0 Å². The highest BCUT2D eigenvalue weighted by Gasteiger charge is 2.36. The molecular formula is C29H33N5O3S. The third-order valence-corrected chi connectivity index (χ3v) is 7.23. The van der Waals surface area contributed by atoms with Crippen molar-refractivity contribution in [1.29, 1.82) is 0 Å². The first-order chi connectivity index (χ1) is 18.4. The number of nitrogens with one attached hydrogen (secondary N) is 1. The van der Waals surface area contributed by atoms with Crippen LogP contribution in [0.4, 0.5) is 5.69 Å². The number of hydrogen-bond donors (Lipinski definition) is 1. The molecule has 0 fully saturated rings. The summed E-state index contributed by atoms with van der Waals surface area (Å²) in [5.41, 5.74) is 3.22. The average Bonchev–Trinajstić information content (AvgIpc) is 2.92. The molecule has 1 aliphatic carbocycles. The summed E-state index contributed by atoms with van der Waals surface area (Å²) < 4.78 is 5.24. The van der Waals surface area contributed by atoms with Crippen molar-refractivity contribution in [3.8, 4) is 5.75 Å². The van der Waals surface area contributed by atoms with Gasteiger partial charge in [-0.05, 0) is 81.0 Å². The van der Waals surface area contributed by atoms with Crippen LogP contribution < -0.4 is 10.1 Å². The van der Waals surface area contributed by atoms with E-state index >= 15 is 0 Å². The maximum Gasteiger partial charge on any atom is 0.247 e. The molecule has 2 atom stereocenters. The van der Waals surface area contributed by atoms with E-state index in [1.54, 1.807) is 48.7 Å². The Morgan fingerprint density at radius 2 is 1.89 bits per heavy atom. The smallest absolute Gasteiger partial charge is 0.247 e. The molecule has 0 spiro atoms. The van der Waals surface area contributed by atoms with E-state index in [2.05, 4.69) is 32.4 Å². The lowest BCUT2D eigenvalue weighted by Gasteiger charge is -2.37. The third-order valence-electron chi connectivity index (χ3n) is 6.40. The molecule has 1 aliphatic rings. The van der Waals surface area contributed by atoms with E-state index < -0.39 is 6.04 Å². The number of carbonyl (C=O) groups is 2. The first-order valence-electron chi connectivity index (χ1n) is 12.7. The van der Waals surface area contributed by atoms with Crippen LogP contribution in [-0.2, 0) is 16.1 Å².